The van der Waals surface area contributed by atoms with E-state index in [0.717, 1.165) is 144 Å². The maximum absolute atomic E-state index is 9.70. The van der Waals surface area contributed by atoms with Crippen molar-refractivity contribution in [2.45, 2.75) is 105 Å². The van der Waals surface area contributed by atoms with Gasteiger partial charge < -0.3 is 23.4 Å². The number of nitrogens with zero attached hydrogens (tertiary/aromatic N) is 4. The SMILES string of the molecule is [2H]c1c([2H])c([2H])c(-c2ccc3c(c2)N(c2c(-c4ccccc4)ccc4oc5ccccc5c24)c2cc(-c4cc(C(C)(C)C)cc(C(C)(C)C)c4)cc4c2B3c2ccc(-n3c5ccc(C(C)(C)C)cc5c5cc(C(C)(C)C)ccc53)cc2N4c2cc(-c3ccccc3)cc3c2c2ccccc2n3-c2ccccc2)c([2H])c1[2H]. The summed E-state index contributed by atoms with van der Waals surface area (Å²) < 4.78 is 58.6. The molecule has 0 saturated carbocycles. The summed E-state index contributed by atoms with van der Waals surface area (Å²) in [6, 6.07) is 96.6. The molecule has 2 aliphatic heterocycles. The summed E-state index contributed by atoms with van der Waals surface area (Å²) in [5.41, 5.74) is 27.5. The molecule has 5 heterocycles. The van der Waals surface area contributed by atoms with Crippen LogP contribution >= 0.6 is 0 Å². The summed E-state index contributed by atoms with van der Waals surface area (Å²) in [7, 11) is 0. The van der Waals surface area contributed by atoms with Crippen LogP contribution in [0, 0.1) is 0 Å². The molecule has 106 heavy (non-hydrogen) atoms. The van der Waals surface area contributed by atoms with Crippen molar-refractivity contribution in [1.82, 2.24) is 9.13 Å². The molecule has 0 aliphatic carbocycles. The molecule has 0 atom stereocenters. The van der Waals surface area contributed by atoms with Gasteiger partial charge in [-0.2, -0.15) is 0 Å². The highest BCUT2D eigenvalue weighted by Crippen LogP contribution is 2.55. The lowest BCUT2D eigenvalue weighted by atomic mass is 9.33. The average molecular weight is 1370 g/mol. The molecule has 2 aliphatic rings. The van der Waals surface area contributed by atoms with Gasteiger partial charge in [-0.25, -0.2) is 0 Å². The maximum atomic E-state index is 9.70. The number of para-hydroxylation sites is 3. The van der Waals surface area contributed by atoms with E-state index in [0.29, 0.717) is 11.1 Å². The first-order valence-electron chi connectivity index (χ1n) is 39.7. The lowest BCUT2D eigenvalue weighted by Crippen LogP contribution is -2.61. The fraction of sp³-hybridized carbons (Fsp3) is 0.160. The number of benzene rings is 14. The number of rotatable bonds is 8. The Morgan fingerprint density at radius 1 is 0.302 bits per heavy atom. The number of fused-ring (bicyclic) bond motifs is 13. The first kappa shape index (κ1) is 59.5. The van der Waals surface area contributed by atoms with Gasteiger partial charge in [0.1, 0.15) is 11.2 Å². The van der Waals surface area contributed by atoms with Crippen LogP contribution in [-0.4, -0.2) is 15.8 Å². The molecule has 514 valence electrons. The van der Waals surface area contributed by atoms with Crippen LogP contribution in [0.2, 0.25) is 0 Å². The summed E-state index contributed by atoms with van der Waals surface area (Å²) in [6.07, 6.45) is 0. The molecule has 17 aromatic rings. The Balaban J connectivity index is 1.03. The van der Waals surface area contributed by atoms with Crippen molar-refractivity contribution < 1.29 is 11.3 Å². The van der Waals surface area contributed by atoms with Crippen molar-refractivity contribution in [3.05, 3.63) is 319 Å². The van der Waals surface area contributed by atoms with Crippen molar-refractivity contribution in [2.24, 2.45) is 0 Å². The van der Waals surface area contributed by atoms with Gasteiger partial charge in [0.25, 0.3) is 6.71 Å². The fourth-order valence-corrected chi connectivity index (χ4v) is 17.0. The molecule has 19 rings (SSSR count). The molecule has 6 heteroatoms. The highest BCUT2D eigenvalue weighted by atomic mass is 16.3. The van der Waals surface area contributed by atoms with E-state index in [2.05, 4.69) is 351 Å². The molecule has 0 bridgehead atoms. The minimum atomic E-state index is -0.475. The van der Waals surface area contributed by atoms with E-state index in [1.165, 1.54) is 33.0 Å². The second-order valence-corrected chi connectivity index (χ2v) is 33.4. The first-order valence-corrected chi connectivity index (χ1v) is 37.2. The third kappa shape index (κ3) is 10.4. The number of hydrogen-bond acceptors (Lipinski definition) is 3. The second-order valence-electron chi connectivity index (χ2n) is 33.4. The van der Waals surface area contributed by atoms with Crippen LogP contribution in [0.5, 0.6) is 0 Å². The Kier molecular flexibility index (Phi) is 13.4. The van der Waals surface area contributed by atoms with E-state index >= 15 is 0 Å². The molecule has 14 aromatic carbocycles. The molecule has 0 fully saturated rings. The van der Waals surface area contributed by atoms with E-state index < -0.39 is 24.8 Å². The third-order valence-corrected chi connectivity index (χ3v) is 22.5. The standard InChI is InChI=1S/C100H85BN4O/c1-97(2,3)69-42-48-83-78(59-69)79-60-70(98(4,5)6)43-49-84(79)103(83)74-44-47-81-86(61-74)104(88-55-67(63-31-19-14-20-32-63)54-87-93(88)76-37-25-27-39-82(76)102(87)73-35-23-16-24-36-73)89-56-68(66-51-71(99(7,8)9)58-72(52-66)100(10,11)12)57-90-95(89)101(81)80-46-41-65(62-29-17-13-18-30-62)53-85(80)105(90)96-75(64-33-21-15-22-34-64)45-50-92-94(96)77-38-26-28-40-91(77)106-92/h13-61H,1-12H3/i13D,17D,18D,29D,30D. The lowest BCUT2D eigenvalue weighted by molar-refractivity contribution is 0.569. The number of aromatic nitrogens is 2. The van der Waals surface area contributed by atoms with Crippen molar-refractivity contribution in [1.29, 1.82) is 0 Å². The van der Waals surface area contributed by atoms with Crippen molar-refractivity contribution in [2.75, 3.05) is 9.80 Å². The Morgan fingerprint density at radius 3 is 1.45 bits per heavy atom. The van der Waals surface area contributed by atoms with Gasteiger partial charge in [0.2, 0.25) is 0 Å². The van der Waals surface area contributed by atoms with E-state index in [1.807, 2.05) is 18.2 Å². The van der Waals surface area contributed by atoms with Gasteiger partial charge in [-0.15, -0.1) is 0 Å². The molecule has 0 spiro atoms. The van der Waals surface area contributed by atoms with Crippen LogP contribution < -0.4 is 26.2 Å². The Morgan fingerprint density at radius 2 is 0.811 bits per heavy atom. The Bertz CT molecular complexity index is 6630. The topological polar surface area (TPSA) is 29.5 Å². The zero-order chi connectivity index (χ0) is 76.8. The highest BCUT2D eigenvalue weighted by molar-refractivity contribution is 7.00. The minimum absolute atomic E-state index is 0.115. The van der Waals surface area contributed by atoms with Crippen molar-refractivity contribution >= 4 is 123 Å². The minimum Gasteiger partial charge on any atom is -0.456 e. The molecule has 0 amide bonds. The van der Waals surface area contributed by atoms with Gasteiger partial charge in [-0.1, -0.05) is 277 Å². The van der Waals surface area contributed by atoms with Gasteiger partial charge >= 0.3 is 0 Å². The summed E-state index contributed by atoms with van der Waals surface area (Å²) in [5, 5.41) is 6.43. The van der Waals surface area contributed by atoms with Crippen LogP contribution in [-0.2, 0) is 21.7 Å². The van der Waals surface area contributed by atoms with Gasteiger partial charge in [-0.05, 0) is 202 Å². The summed E-state index contributed by atoms with van der Waals surface area (Å²) >= 11 is 0. The summed E-state index contributed by atoms with van der Waals surface area (Å²) in [6.45, 7) is 27.2. The van der Waals surface area contributed by atoms with Gasteiger partial charge in [0.05, 0.1) is 45.7 Å². The highest BCUT2D eigenvalue weighted by Gasteiger charge is 2.46. The zero-order valence-electron chi connectivity index (χ0n) is 67.2. The third-order valence-electron chi connectivity index (χ3n) is 22.5. The van der Waals surface area contributed by atoms with E-state index in [1.54, 1.807) is 0 Å². The van der Waals surface area contributed by atoms with E-state index in [4.69, 9.17) is 5.79 Å². The average Bonchev–Trinajstić information content (AvgIpc) is 1.46. The largest absolute Gasteiger partial charge is 0.456 e. The molecule has 0 unspecified atom stereocenters. The lowest BCUT2D eigenvalue weighted by Gasteiger charge is -2.45. The predicted octanol–water partition coefficient (Wildman–Crippen LogP) is 25.7. The molecular formula is C100H85BN4O. The van der Waals surface area contributed by atoms with Crippen molar-refractivity contribution in [3.63, 3.8) is 0 Å². The van der Waals surface area contributed by atoms with Crippen LogP contribution in [0.15, 0.2) is 302 Å². The van der Waals surface area contributed by atoms with Crippen LogP contribution in [0.1, 0.15) is 112 Å². The summed E-state index contributed by atoms with van der Waals surface area (Å²) in [5.74, 6) is 0. The molecule has 3 aromatic heterocycles. The van der Waals surface area contributed by atoms with E-state index in [9.17, 15) is 5.48 Å². The molecule has 0 N–H and O–H groups in total. The normalized spacial score (nSPS) is 13.9. The van der Waals surface area contributed by atoms with Crippen LogP contribution in [0.4, 0.5) is 34.1 Å². The number of anilines is 6. The van der Waals surface area contributed by atoms with Crippen LogP contribution in [0.25, 0.3) is 121 Å². The molecule has 0 saturated heterocycles. The van der Waals surface area contributed by atoms with Gasteiger partial charge in [0.15, 0.2) is 0 Å². The monoisotopic (exact) mass is 1370 g/mol. The molecule has 0 radical (unpaired) electrons. The van der Waals surface area contributed by atoms with E-state index in [-0.39, 0.29) is 39.3 Å². The Hall–Kier alpha value is -11.9. The summed E-state index contributed by atoms with van der Waals surface area (Å²) in [4.78, 5) is 5.09. The second kappa shape index (κ2) is 23.8. The quantitative estimate of drug-likeness (QED) is 0.142. The fourth-order valence-electron chi connectivity index (χ4n) is 17.0. The van der Waals surface area contributed by atoms with Gasteiger partial charge in [-0.3, -0.25) is 0 Å². The maximum Gasteiger partial charge on any atom is 0.252 e. The number of furan rings is 1. The number of hydrogen-bond donors (Lipinski definition) is 0. The van der Waals surface area contributed by atoms with Gasteiger partial charge in [0, 0.05) is 66.6 Å². The van der Waals surface area contributed by atoms with Crippen molar-refractivity contribution in [3.8, 4) is 55.9 Å². The Labute approximate surface area is 629 Å². The van der Waals surface area contributed by atoms with Crippen LogP contribution in [0.3, 0.4) is 0 Å². The zero-order valence-corrected chi connectivity index (χ0v) is 62.2. The molecule has 5 nitrogen and oxygen atoms in total. The first-order chi connectivity index (χ1) is 53.2. The molecular weight excluding hydrogens is 1280 g/mol. The predicted molar refractivity (Wildman–Crippen MR) is 453 cm³/mol. The smallest absolute Gasteiger partial charge is 0.252 e.